The summed E-state index contributed by atoms with van der Waals surface area (Å²) in [6.07, 6.45) is 1.36. The number of nitrogens with zero attached hydrogens (tertiary/aromatic N) is 2. The van der Waals surface area contributed by atoms with Gasteiger partial charge in [-0.2, -0.15) is 0 Å². The van der Waals surface area contributed by atoms with Crippen LogP contribution in [-0.4, -0.2) is 77.6 Å². The number of hydrogen-bond donors (Lipinski definition) is 1. The van der Waals surface area contributed by atoms with Gasteiger partial charge in [-0.15, -0.1) is 0 Å². The van der Waals surface area contributed by atoms with E-state index in [2.05, 4.69) is 10.1 Å². The highest BCUT2D eigenvalue weighted by atomic mass is 16.6. The van der Waals surface area contributed by atoms with Crippen LogP contribution < -0.4 is 5.32 Å². The van der Waals surface area contributed by atoms with Gasteiger partial charge < -0.3 is 19.7 Å². The molecule has 1 saturated heterocycles. The maximum absolute atomic E-state index is 13.4. The van der Waals surface area contributed by atoms with Crippen LogP contribution in [0.3, 0.4) is 0 Å². The summed E-state index contributed by atoms with van der Waals surface area (Å²) in [5, 5.41) is 2.65. The first kappa shape index (κ1) is 25.7. The predicted molar refractivity (Wildman–Crippen MR) is 112 cm³/mol. The SMILES string of the molecule is CCC(CC)(C(=O)N[C@@H](C)C(=O)OC)N(C)C(=O)[C@@H]1CCCN1C(=O)OC(C)(C)C. The van der Waals surface area contributed by atoms with Gasteiger partial charge in [-0.1, -0.05) is 13.8 Å². The highest BCUT2D eigenvalue weighted by Crippen LogP contribution is 2.28. The number of likely N-dealkylation sites (tertiary alicyclic amines) is 1. The van der Waals surface area contributed by atoms with Crippen molar-refractivity contribution in [3.63, 3.8) is 0 Å². The van der Waals surface area contributed by atoms with E-state index in [-0.39, 0.29) is 5.91 Å². The minimum absolute atomic E-state index is 0.317. The summed E-state index contributed by atoms with van der Waals surface area (Å²) < 4.78 is 10.1. The molecule has 30 heavy (non-hydrogen) atoms. The third-order valence-corrected chi connectivity index (χ3v) is 5.63. The van der Waals surface area contributed by atoms with Crippen LogP contribution >= 0.6 is 0 Å². The fourth-order valence-electron chi connectivity index (χ4n) is 3.76. The van der Waals surface area contributed by atoms with Crippen LogP contribution in [0.1, 0.15) is 67.2 Å². The molecule has 0 aromatic rings. The summed E-state index contributed by atoms with van der Waals surface area (Å²) in [5.41, 5.74) is -1.82. The van der Waals surface area contributed by atoms with Gasteiger partial charge >= 0.3 is 12.1 Å². The number of carbonyl (C=O) groups is 4. The summed E-state index contributed by atoms with van der Waals surface area (Å²) in [7, 11) is 2.82. The summed E-state index contributed by atoms with van der Waals surface area (Å²) in [4.78, 5) is 53.6. The monoisotopic (exact) mass is 427 g/mol. The largest absolute Gasteiger partial charge is 0.467 e. The van der Waals surface area contributed by atoms with E-state index >= 15 is 0 Å². The van der Waals surface area contributed by atoms with Crippen molar-refractivity contribution in [2.75, 3.05) is 20.7 Å². The fourth-order valence-corrected chi connectivity index (χ4v) is 3.76. The molecule has 172 valence electrons. The highest BCUT2D eigenvalue weighted by molar-refractivity contribution is 5.95. The molecule has 0 bridgehead atoms. The number of likely N-dealkylation sites (N-methyl/N-ethyl adjacent to an activating group) is 1. The lowest BCUT2D eigenvalue weighted by molar-refractivity contribution is -0.152. The molecule has 1 aliphatic rings. The number of hydrogen-bond acceptors (Lipinski definition) is 6. The average molecular weight is 428 g/mol. The molecule has 1 N–H and O–H groups in total. The van der Waals surface area contributed by atoms with Crippen molar-refractivity contribution in [2.24, 2.45) is 0 Å². The van der Waals surface area contributed by atoms with Crippen LogP contribution in [0.2, 0.25) is 0 Å². The normalized spacial score (nSPS) is 17.9. The second-order valence-electron chi connectivity index (χ2n) is 8.69. The van der Waals surface area contributed by atoms with E-state index < -0.39 is 41.2 Å². The molecule has 0 aromatic heterocycles. The average Bonchev–Trinajstić information content (AvgIpc) is 3.16. The van der Waals surface area contributed by atoms with Gasteiger partial charge in [-0.05, 0) is 53.4 Å². The molecule has 9 heteroatoms. The van der Waals surface area contributed by atoms with Crippen LogP contribution in [-0.2, 0) is 23.9 Å². The van der Waals surface area contributed by atoms with Crippen molar-refractivity contribution < 1.29 is 28.7 Å². The van der Waals surface area contributed by atoms with E-state index in [4.69, 9.17) is 4.74 Å². The van der Waals surface area contributed by atoms with Crippen molar-refractivity contribution in [2.45, 2.75) is 90.4 Å². The third-order valence-electron chi connectivity index (χ3n) is 5.63. The minimum Gasteiger partial charge on any atom is -0.467 e. The van der Waals surface area contributed by atoms with Crippen LogP contribution in [0.5, 0.6) is 0 Å². The molecule has 2 atom stereocenters. The van der Waals surface area contributed by atoms with E-state index in [1.54, 1.807) is 27.8 Å². The lowest BCUT2D eigenvalue weighted by Crippen LogP contribution is -2.63. The Balaban J connectivity index is 3.08. The first-order valence-electron chi connectivity index (χ1n) is 10.5. The number of nitrogens with one attached hydrogen (secondary N) is 1. The molecule has 0 spiro atoms. The lowest BCUT2D eigenvalue weighted by atomic mass is 9.88. The lowest BCUT2D eigenvalue weighted by Gasteiger charge is -2.42. The molecule has 0 aromatic carbocycles. The molecule has 1 heterocycles. The van der Waals surface area contributed by atoms with E-state index in [0.717, 1.165) is 0 Å². The Bertz CT molecular complexity index is 654. The van der Waals surface area contributed by atoms with Crippen molar-refractivity contribution in [1.29, 1.82) is 0 Å². The standard InChI is InChI=1S/C21H37N3O6/c1-9-21(10-2,18(27)22-14(3)17(26)29-8)23(7)16(25)15-12-11-13-24(15)19(28)30-20(4,5)6/h14-15H,9-13H2,1-8H3,(H,22,27)/t14-,15-/m0/s1. The predicted octanol–water partition coefficient (Wildman–Crippen LogP) is 2.08. The molecule has 0 aliphatic carbocycles. The van der Waals surface area contributed by atoms with Gasteiger partial charge in [0, 0.05) is 13.6 Å². The number of esters is 1. The van der Waals surface area contributed by atoms with E-state index in [1.165, 1.54) is 23.8 Å². The Labute approximate surface area is 179 Å². The molecule has 0 saturated carbocycles. The van der Waals surface area contributed by atoms with Gasteiger partial charge in [0.2, 0.25) is 11.8 Å². The quantitative estimate of drug-likeness (QED) is 0.624. The highest BCUT2D eigenvalue weighted by Gasteiger charge is 2.47. The van der Waals surface area contributed by atoms with Gasteiger partial charge in [0.15, 0.2) is 0 Å². The Kier molecular flexibility index (Phi) is 8.68. The number of carbonyl (C=O) groups excluding carboxylic acids is 4. The molecular formula is C21H37N3O6. The summed E-state index contributed by atoms with van der Waals surface area (Å²) >= 11 is 0. The molecule has 9 nitrogen and oxygen atoms in total. The molecular weight excluding hydrogens is 390 g/mol. The van der Waals surface area contributed by atoms with E-state index in [0.29, 0.717) is 32.2 Å². The molecule has 0 radical (unpaired) electrons. The van der Waals surface area contributed by atoms with Crippen molar-refractivity contribution in [3.8, 4) is 0 Å². The molecule has 1 rings (SSSR count). The Morgan fingerprint density at radius 3 is 2.20 bits per heavy atom. The van der Waals surface area contributed by atoms with Gasteiger partial charge in [0.1, 0.15) is 23.2 Å². The molecule has 0 unspecified atom stereocenters. The van der Waals surface area contributed by atoms with Crippen LogP contribution in [0.4, 0.5) is 4.79 Å². The van der Waals surface area contributed by atoms with Crippen LogP contribution in [0, 0.1) is 0 Å². The molecule has 1 aliphatic heterocycles. The van der Waals surface area contributed by atoms with Gasteiger partial charge in [-0.3, -0.25) is 14.5 Å². The van der Waals surface area contributed by atoms with Gasteiger partial charge in [0.05, 0.1) is 7.11 Å². The van der Waals surface area contributed by atoms with Gasteiger partial charge in [-0.25, -0.2) is 9.59 Å². The molecule has 1 fully saturated rings. The number of amides is 3. The first-order chi connectivity index (χ1) is 13.8. The van der Waals surface area contributed by atoms with Crippen LogP contribution in [0.15, 0.2) is 0 Å². The van der Waals surface area contributed by atoms with Crippen molar-refractivity contribution in [1.82, 2.24) is 15.1 Å². The Morgan fingerprint density at radius 2 is 1.73 bits per heavy atom. The summed E-state index contributed by atoms with van der Waals surface area (Å²) in [5.74, 6) is -1.31. The summed E-state index contributed by atoms with van der Waals surface area (Å²) in [6, 6.07) is -1.53. The van der Waals surface area contributed by atoms with E-state index in [9.17, 15) is 19.2 Å². The Hall–Kier alpha value is -2.32. The summed E-state index contributed by atoms with van der Waals surface area (Å²) in [6.45, 7) is 10.9. The number of ether oxygens (including phenoxy) is 2. The smallest absolute Gasteiger partial charge is 0.410 e. The molecule has 3 amide bonds. The topological polar surface area (TPSA) is 105 Å². The fraction of sp³-hybridized carbons (Fsp3) is 0.810. The third kappa shape index (κ3) is 5.64. The zero-order chi connectivity index (χ0) is 23.3. The second-order valence-corrected chi connectivity index (χ2v) is 8.69. The van der Waals surface area contributed by atoms with Gasteiger partial charge in [0.25, 0.3) is 0 Å². The second kappa shape index (κ2) is 10.1. The van der Waals surface area contributed by atoms with Crippen LogP contribution in [0.25, 0.3) is 0 Å². The first-order valence-corrected chi connectivity index (χ1v) is 10.5. The minimum atomic E-state index is -1.15. The maximum atomic E-state index is 13.4. The van der Waals surface area contributed by atoms with Crippen molar-refractivity contribution in [3.05, 3.63) is 0 Å². The zero-order valence-corrected chi connectivity index (χ0v) is 19.5. The zero-order valence-electron chi connectivity index (χ0n) is 19.5. The number of rotatable bonds is 7. The van der Waals surface area contributed by atoms with Crippen molar-refractivity contribution >= 4 is 23.9 Å². The van der Waals surface area contributed by atoms with E-state index in [1.807, 2.05) is 13.8 Å². The number of methoxy groups -OCH3 is 1. The maximum Gasteiger partial charge on any atom is 0.410 e. The Morgan fingerprint density at radius 1 is 1.17 bits per heavy atom.